The van der Waals surface area contributed by atoms with Gasteiger partial charge in [0.2, 0.25) is 0 Å². The minimum atomic E-state index is -0.146. The third-order valence-electron chi connectivity index (χ3n) is 2.46. The highest BCUT2D eigenvalue weighted by molar-refractivity contribution is 6.29. The van der Waals surface area contributed by atoms with Crippen LogP contribution >= 0.6 is 11.6 Å². The van der Waals surface area contributed by atoms with Gasteiger partial charge in [-0.3, -0.25) is 14.0 Å². The first kappa shape index (κ1) is 11.9. The Morgan fingerprint density at radius 1 is 1.47 bits per heavy atom. The van der Waals surface area contributed by atoms with E-state index in [9.17, 15) is 4.79 Å². The molecule has 2 aromatic rings. The third kappa shape index (κ3) is 2.55. The maximum absolute atomic E-state index is 11.8. The van der Waals surface area contributed by atoms with Crippen molar-refractivity contribution in [2.75, 3.05) is 0 Å². The predicted octanol–water partition coefficient (Wildman–Crippen LogP) is 1.24. The van der Waals surface area contributed by atoms with Crippen LogP contribution in [0.15, 0.2) is 23.1 Å². The normalized spacial score (nSPS) is 10.8. The fraction of sp³-hybridized carbons (Fsp3) is 0.364. The zero-order valence-electron chi connectivity index (χ0n) is 9.72. The van der Waals surface area contributed by atoms with Gasteiger partial charge in [-0.25, -0.2) is 4.98 Å². The van der Waals surface area contributed by atoms with Crippen LogP contribution in [-0.4, -0.2) is 19.3 Å². The van der Waals surface area contributed by atoms with Gasteiger partial charge in [0.25, 0.3) is 5.56 Å². The molecule has 0 atom stereocenters. The van der Waals surface area contributed by atoms with E-state index in [2.05, 4.69) is 10.1 Å². The van der Waals surface area contributed by atoms with Crippen LogP contribution in [0.4, 0.5) is 0 Å². The van der Waals surface area contributed by atoms with Crippen molar-refractivity contribution in [1.82, 2.24) is 19.3 Å². The quantitative estimate of drug-likeness (QED) is 0.773. The largest absolute Gasteiger partial charge is 0.290 e. The lowest BCUT2D eigenvalue weighted by Gasteiger charge is -2.08. The van der Waals surface area contributed by atoms with Crippen molar-refractivity contribution < 1.29 is 0 Å². The van der Waals surface area contributed by atoms with Gasteiger partial charge in [0.05, 0.1) is 12.2 Å². The van der Waals surface area contributed by atoms with E-state index in [1.54, 1.807) is 9.25 Å². The lowest BCUT2D eigenvalue weighted by atomic mass is 10.3. The topological polar surface area (TPSA) is 52.7 Å². The Bertz CT molecular complexity index is 587. The fourth-order valence-corrected chi connectivity index (χ4v) is 1.86. The highest BCUT2D eigenvalue weighted by Crippen LogP contribution is 2.05. The second-order valence-corrected chi connectivity index (χ2v) is 4.14. The summed E-state index contributed by atoms with van der Waals surface area (Å²) in [6, 6.07) is 3.20. The number of aryl methyl sites for hydroxylation is 2. The Labute approximate surface area is 104 Å². The number of aromatic nitrogens is 4. The van der Waals surface area contributed by atoms with Gasteiger partial charge in [-0.1, -0.05) is 18.5 Å². The monoisotopic (exact) mass is 252 g/mol. The lowest BCUT2D eigenvalue weighted by molar-refractivity contribution is 0.645. The van der Waals surface area contributed by atoms with E-state index in [1.165, 1.54) is 6.07 Å². The smallest absolute Gasteiger partial charge is 0.255 e. The molecule has 5 nitrogen and oxygen atoms in total. The van der Waals surface area contributed by atoms with E-state index < -0.39 is 0 Å². The molecule has 0 aliphatic rings. The molecule has 0 unspecified atom stereocenters. The molecule has 0 saturated heterocycles. The molecule has 0 fully saturated rings. The molecule has 0 spiro atoms. The van der Waals surface area contributed by atoms with E-state index >= 15 is 0 Å². The highest BCUT2D eigenvalue weighted by Gasteiger charge is 2.08. The third-order valence-corrected chi connectivity index (χ3v) is 2.65. The lowest BCUT2D eigenvalue weighted by Crippen LogP contribution is -2.25. The summed E-state index contributed by atoms with van der Waals surface area (Å²) in [7, 11) is 1.84. The molecule has 2 rings (SSSR count). The van der Waals surface area contributed by atoms with Crippen LogP contribution in [0, 0.1) is 0 Å². The van der Waals surface area contributed by atoms with Gasteiger partial charge >= 0.3 is 0 Å². The van der Waals surface area contributed by atoms with Crippen LogP contribution in [0.25, 0.3) is 0 Å². The first-order valence-corrected chi connectivity index (χ1v) is 5.72. The molecule has 0 radical (unpaired) electrons. The second kappa shape index (κ2) is 4.71. The minimum absolute atomic E-state index is 0.146. The van der Waals surface area contributed by atoms with E-state index in [1.807, 2.05) is 26.2 Å². The average molecular weight is 253 g/mol. The molecule has 90 valence electrons. The van der Waals surface area contributed by atoms with Gasteiger partial charge in [0, 0.05) is 25.7 Å². The Balaban J connectivity index is 2.41. The van der Waals surface area contributed by atoms with Crippen molar-refractivity contribution in [2.24, 2.45) is 7.05 Å². The summed E-state index contributed by atoms with van der Waals surface area (Å²) >= 11 is 5.76. The summed E-state index contributed by atoms with van der Waals surface area (Å²) in [6.07, 6.45) is 2.50. The zero-order chi connectivity index (χ0) is 12.4. The molecule has 0 amide bonds. The zero-order valence-corrected chi connectivity index (χ0v) is 10.5. The summed E-state index contributed by atoms with van der Waals surface area (Å²) < 4.78 is 3.30. The van der Waals surface area contributed by atoms with Crippen LogP contribution in [0.2, 0.25) is 5.15 Å². The maximum atomic E-state index is 11.8. The predicted molar refractivity (Wildman–Crippen MR) is 65.2 cm³/mol. The van der Waals surface area contributed by atoms with E-state index in [0.717, 1.165) is 5.69 Å². The van der Waals surface area contributed by atoms with Gasteiger partial charge in [-0.2, -0.15) is 5.10 Å². The molecular formula is C11H13ClN4O. The van der Waals surface area contributed by atoms with Crippen LogP contribution < -0.4 is 5.56 Å². The number of nitrogens with zero attached hydrogens (tertiary/aromatic N) is 4. The summed E-state index contributed by atoms with van der Waals surface area (Å²) in [4.78, 5) is 16.0. The summed E-state index contributed by atoms with van der Waals surface area (Å²) in [5.74, 6) is 0.674. The molecule has 0 saturated carbocycles. The number of rotatable bonds is 3. The fourth-order valence-electron chi connectivity index (χ4n) is 1.67. The van der Waals surface area contributed by atoms with Crippen molar-refractivity contribution >= 4 is 11.6 Å². The molecule has 0 N–H and O–H groups in total. The molecule has 0 aromatic carbocycles. The number of hydrogen-bond acceptors (Lipinski definition) is 3. The second-order valence-electron chi connectivity index (χ2n) is 3.75. The van der Waals surface area contributed by atoms with Crippen molar-refractivity contribution in [3.05, 3.63) is 45.4 Å². The molecule has 2 aromatic heterocycles. The molecule has 0 aliphatic carbocycles. The van der Waals surface area contributed by atoms with Crippen molar-refractivity contribution in [2.45, 2.75) is 19.9 Å². The van der Waals surface area contributed by atoms with E-state index in [-0.39, 0.29) is 10.7 Å². The minimum Gasteiger partial charge on any atom is -0.290 e. The first-order valence-electron chi connectivity index (χ1n) is 5.35. The standard InChI is InChI=1S/C11H13ClN4O/c1-3-10-13-9(12)6-11(17)16(10)7-8-4-5-15(2)14-8/h4-6H,3,7H2,1-2H3. The van der Waals surface area contributed by atoms with Crippen LogP contribution in [0.1, 0.15) is 18.4 Å². The van der Waals surface area contributed by atoms with Crippen LogP contribution in [0.3, 0.4) is 0 Å². The highest BCUT2D eigenvalue weighted by atomic mass is 35.5. The molecule has 0 aliphatic heterocycles. The maximum Gasteiger partial charge on any atom is 0.255 e. The van der Waals surface area contributed by atoms with Crippen molar-refractivity contribution in [3.8, 4) is 0 Å². The van der Waals surface area contributed by atoms with Gasteiger partial charge in [0.15, 0.2) is 0 Å². The summed E-state index contributed by atoms with van der Waals surface area (Å²) in [5, 5.41) is 4.48. The molecule has 0 bridgehead atoms. The average Bonchev–Trinajstić information content (AvgIpc) is 2.67. The van der Waals surface area contributed by atoms with E-state index in [4.69, 9.17) is 11.6 Å². The number of hydrogen-bond donors (Lipinski definition) is 0. The SMILES string of the molecule is CCc1nc(Cl)cc(=O)n1Cc1ccn(C)n1. The Morgan fingerprint density at radius 2 is 2.24 bits per heavy atom. The van der Waals surface area contributed by atoms with Crippen molar-refractivity contribution in [3.63, 3.8) is 0 Å². The molecular weight excluding hydrogens is 240 g/mol. The van der Waals surface area contributed by atoms with Gasteiger partial charge in [0.1, 0.15) is 11.0 Å². The van der Waals surface area contributed by atoms with Crippen LogP contribution in [0.5, 0.6) is 0 Å². The summed E-state index contributed by atoms with van der Waals surface area (Å²) in [5.41, 5.74) is 0.681. The van der Waals surface area contributed by atoms with Gasteiger partial charge < -0.3 is 0 Å². The van der Waals surface area contributed by atoms with Crippen LogP contribution in [-0.2, 0) is 20.0 Å². The molecule has 6 heteroatoms. The Kier molecular flexibility index (Phi) is 3.28. The Morgan fingerprint density at radius 3 is 2.82 bits per heavy atom. The molecule has 2 heterocycles. The van der Waals surface area contributed by atoms with Crippen molar-refractivity contribution in [1.29, 1.82) is 0 Å². The van der Waals surface area contributed by atoms with Gasteiger partial charge in [-0.15, -0.1) is 0 Å². The Hall–Kier alpha value is -1.62. The van der Waals surface area contributed by atoms with Gasteiger partial charge in [-0.05, 0) is 6.07 Å². The summed E-state index contributed by atoms with van der Waals surface area (Å²) in [6.45, 7) is 2.36. The number of halogens is 1. The first-order chi connectivity index (χ1) is 8.10. The van der Waals surface area contributed by atoms with E-state index in [0.29, 0.717) is 18.8 Å². The molecule has 17 heavy (non-hydrogen) atoms.